The number of amides is 1. The second-order valence-corrected chi connectivity index (χ2v) is 4.92. The summed E-state index contributed by atoms with van der Waals surface area (Å²) in [4.78, 5) is 11.9. The minimum absolute atomic E-state index is 0.000278. The van der Waals surface area contributed by atoms with Crippen LogP contribution in [0.15, 0.2) is 18.2 Å². The molecule has 1 aliphatic rings. The number of benzene rings is 1. The monoisotopic (exact) mass is 290 g/mol. The van der Waals surface area contributed by atoms with Gasteiger partial charge in [-0.15, -0.1) is 0 Å². The highest BCUT2D eigenvalue weighted by molar-refractivity contribution is 6.30. The molecule has 0 aromatic heterocycles. The third-order valence-electron chi connectivity index (χ3n) is 3.34. The lowest BCUT2D eigenvalue weighted by Crippen LogP contribution is -2.44. The van der Waals surface area contributed by atoms with E-state index in [0.717, 1.165) is 4.90 Å². The van der Waals surface area contributed by atoms with Crippen LogP contribution in [0, 0.1) is 5.82 Å². The molecule has 0 spiro atoms. The Labute approximate surface area is 113 Å². The molecule has 1 aromatic rings. The molecule has 1 heterocycles. The predicted octanol–water partition coefficient (Wildman–Crippen LogP) is 2.05. The van der Waals surface area contributed by atoms with Crippen LogP contribution in [-0.2, 0) is 6.42 Å². The summed E-state index contributed by atoms with van der Waals surface area (Å²) in [5, 5.41) is 8.95. The van der Waals surface area contributed by atoms with Crippen LogP contribution in [0.4, 0.5) is 13.6 Å². The fraction of sp³-hybridized carbons (Fsp3) is 0.417. The van der Waals surface area contributed by atoms with Crippen molar-refractivity contribution >= 4 is 17.7 Å². The molecular formula is C12H13ClF2N2O2. The van der Waals surface area contributed by atoms with Crippen molar-refractivity contribution in [1.82, 2.24) is 4.90 Å². The second kappa shape index (κ2) is 5.30. The molecule has 2 rings (SSSR count). The molecule has 104 valence electrons. The van der Waals surface area contributed by atoms with Crippen LogP contribution in [0.5, 0.6) is 0 Å². The normalized spacial score (nSPS) is 26.7. The maximum Gasteiger partial charge on any atom is 0.407 e. The SMILES string of the molecule is N[C@H]1[C@@H](F)CN(C(=O)O)[C@H]1Cc1cccc(Cl)c1F. The molecule has 7 heteroatoms. The number of carbonyl (C=O) groups is 1. The lowest BCUT2D eigenvalue weighted by atomic mass is 10.00. The van der Waals surface area contributed by atoms with E-state index in [4.69, 9.17) is 22.4 Å². The summed E-state index contributed by atoms with van der Waals surface area (Å²) in [6, 6.07) is 2.68. The van der Waals surface area contributed by atoms with Crippen molar-refractivity contribution in [2.75, 3.05) is 6.54 Å². The molecule has 1 aliphatic heterocycles. The van der Waals surface area contributed by atoms with Gasteiger partial charge in [-0.1, -0.05) is 23.7 Å². The highest BCUT2D eigenvalue weighted by Gasteiger charge is 2.42. The summed E-state index contributed by atoms with van der Waals surface area (Å²) in [6.45, 7) is -0.288. The molecule has 3 N–H and O–H groups in total. The summed E-state index contributed by atoms with van der Waals surface area (Å²) >= 11 is 5.65. The second-order valence-electron chi connectivity index (χ2n) is 4.51. The molecule has 1 saturated heterocycles. The number of rotatable bonds is 2. The van der Waals surface area contributed by atoms with Crippen LogP contribution in [0.25, 0.3) is 0 Å². The molecule has 0 aliphatic carbocycles. The van der Waals surface area contributed by atoms with Gasteiger partial charge in [-0.2, -0.15) is 0 Å². The fourth-order valence-corrected chi connectivity index (χ4v) is 2.49. The van der Waals surface area contributed by atoms with Crippen LogP contribution in [-0.4, -0.2) is 40.9 Å². The molecule has 1 amide bonds. The third kappa shape index (κ3) is 2.64. The standard InChI is InChI=1S/C12H13ClF2N2O2/c13-7-3-1-2-6(10(7)15)4-9-11(16)8(14)5-17(9)12(18)19/h1-3,8-9,11H,4-5,16H2,(H,18,19)/t8-,9-,11-/m0/s1. The number of nitrogens with two attached hydrogens (primary N) is 1. The predicted molar refractivity (Wildman–Crippen MR) is 66.5 cm³/mol. The topological polar surface area (TPSA) is 66.6 Å². The van der Waals surface area contributed by atoms with Gasteiger partial charge in [0, 0.05) is 0 Å². The minimum atomic E-state index is -1.44. The van der Waals surface area contributed by atoms with Gasteiger partial charge in [0.05, 0.1) is 23.7 Å². The van der Waals surface area contributed by atoms with E-state index in [-0.39, 0.29) is 23.6 Å². The summed E-state index contributed by atoms with van der Waals surface area (Å²) in [6.07, 6.45) is -2.70. The maximum absolute atomic E-state index is 13.8. The van der Waals surface area contributed by atoms with Gasteiger partial charge in [0.2, 0.25) is 0 Å². The number of alkyl halides is 1. The largest absolute Gasteiger partial charge is 0.465 e. The molecule has 4 nitrogen and oxygen atoms in total. The van der Waals surface area contributed by atoms with E-state index in [1.807, 2.05) is 0 Å². The average molecular weight is 291 g/mol. The van der Waals surface area contributed by atoms with E-state index in [1.165, 1.54) is 12.1 Å². The lowest BCUT2D eigenvalue weighted by molar-refractivity contribution is 0.137. The first-order valence-electron chi connectivity index (χ1n) is 5.74. The first-order valence-corrected chi connectivity index (χ1v) is 6.11. The lowest BCUT2D eigenvalue weighted by Gasteiger charge is -2.24. The van der Waals surface area contributed by atoms with Gasteiger partial charge in [-0.25, -0.2) is 13.6 Å². The Morgan fingerprint density at radius 3 is 2.89 bits per heavy atom. The number of nitrogens with zero attached hydrogens (tertiary/aromatic N) is 1. The quantitative estimate of drug-likeness (QED) is 0.876. The van der Waals surface area contributed by atoms with Crippen molar-refractivity contribution in [2.24, 2.45) is 5.73 Å². The Balaban J connectivity index is 2.25. The summed E-state index contributed by atoms with van der Waals surface area (Å²) in [5.41, 5.74) is 5.88. The highest BCUT2D eigenvalue weighted by Crippen LogP contribution is 2.26. The Bertz CT molecular complexity index is 501. The number of hydrogen-bond acceptors (Lipinski definition) is 2. The molecule has 0 bridgehead atoms. The van der Waals surface area contributed by atoms with Crippen molar-refractivity contribution < 1.29 is 18.7 Å². The van der Waals surface area contributed by atoms with Crippen LogP contribution in [0.2, 0.25) is 5.02 Å². The zero-order valence-corrected chi connectivity index (χ0v) is 10.6. The zero-order valence-electron chi connectivity index (χ0n) is 9.89. The molecule has 0 unspecified atom stereocenters. The van der Waals surface area contributed by atoms with E-state index in [0.29, 0.717) is 0 Å². The van der Waals surface area contributed by atoms with E-state index in [2.05, 4.69) is 0 Å². The molecule has 3 atom stereocenters. The van der Waals surface area contributed by atoms with Gasteiger partial charge in [0.25, 0.3) is 0 Å². The van der Waals surface area contributed by atoms with Crippen LogP contribution in [0.3, 0.4) is 0 Å². The first-order chi connectivity index (χ1) is 8.91. The molecule has 19 heavy (non-hydrogen) atoms. The summed E-state index contributed by atoms with van der Waals surface area (Å²) in [5.74, 6) is -0.621. The van der Waals surface area contributed by atoms with Crippen molar-refractivity contribution in [3.05, 3.63) is 34.6 Å². The van der Waals surface area contributed by atoms with Gasteiger partial charge in [-0.3, -0.25) is 0 Å². The van der Waals surface area contributed by atoms with Crippen molar-refractivity contribution in [3.63, 3.8) is 0 Å². The third-order valence-corrected chi connectivity index (χ3v) is 3.63. The van der Waals surface area contributed by atoms with Crippen molar-refractivity contribution in [1.29, 1.82) is 0 Å². The van der Waals surface area contributed by atoms with E-state index in [9.17, 15) is 13.6 Å². The molecule has 1 aromatic carbocycles. The smallest absolute Gasteiger partial charge is 0.407 e. The van der Waals surface area contributed by atoms with Gasteiger partial charge in [-0.05, 0) is 18.1 Å². The van der Waals surface area contributed by atoms with Crippen LogP contribution >= 0.6 is 11.6 Å². The maximum atomic E-state index is 13.8. The molecular weight excluding hydrogens is 278 g/mol. The Morgan fingerprint density at radius 1 is 1.58 bits per heavy atom. The van der Waals surface area contributed by atoms with Gasteiger partial charge >= 0.3 is 6.09 Å². The Morgan fingerprint density at radius 2 is 2.26 bits per heavy atom. The van der Waals surface area contributed by atoms with Crippen LogP contribution in [0.1, 0.15) is 5.56 Å². The average Bonchev–Trinajstić information content (AvgIpc) is 2.63. The van der Waals surface area contributed by atoms with Crippen molar-refractivity contribution in [3.8, 4) is 0 Å². The molecule has 1 fully saturated rings. The van der Waals surface area contributed by atoms with Gasteiger partial charge in [0.1, 0.15) is 12.0 Å². The first kappa shape index (κ1) is 14.0. The van der Waals surface area contributed by atoms with E-state index in [1.54, 1.807) is 6.07 Å². The van der Waals surface area contributed by atoms with Gasteiger partial charge in [0.15, 0.2) is 0 Å². The Kier molecular flexibility index (Phi) is 3.91. The number of hydrogen-bond donors (Lipinski definition) is 2. The summed E-state index contributed by atoms with van der Waals surface area (Å²) in [7, 11) is 0. The fourth-order valence-electron chi connectivity index (χ4n) is 2.29. The summed E-state index contributed by atoms with van der Waals surface area (Å²) < 4.78 is 27.3. The van der Waals surface area contributed by atoms with Gasteiger partial charge < -0.3 is 15.7 Å². The van der Waals surface area contributed by atoms with E-state index >= 15 is 0 Å². The number of halogens is 3. The molecule has 0 saturated carbocycles. The minimum Gasteiger partial charge on any atom is -0.465 e. The number of likely N-dealkylation sites (tertiary alicyclic amines) is 1. The van der Waals surface area contributed by atoms with Crippen molar-refractivity contribution in [2.45, 2.75) is 24.7 Å². The highest BCUT2D eigenvalue weighted by atomic mass is 35.5. The number of carboxylic acid groups (broad SMARTS) is 1. The Hall–Kier alpha value is -1.40. The van der Waals surface area contributed by atoms with Crippen LogP contribution < -0.4 is 5.73 Å². The van der Waals surface area contributed by atoms with E-state index < -0.39 is 30.2 Å². The zero-order chi connectivity index (χ0) is 14.2. The molecule has 0 radical (unpaired) electrons.